The molecule has 0 spiro atoms. The third kappa shape index (κ3) is 4.35. The van der Waals surface area contributed by atoms with Gasteiger partial charge in [-0.1, -0.05) is 6.07 Å². The van der Waals surface area contributed by atoms with E-state index in [1.54, 1.807) is 11.3 Å². The number of thiophene rings is 1. The Kier molecular flexibility index (Phi) is 4.64. The molecule has 0 aromatic carbocycles. The molecular formula is C9H11NO3S2. The predicted molar refractivity (Wildman–Crippen MR) is 60.3 cm³/mol. The van der Waals surface area contributed by atoms with Crippen LogP contribution in [0.25, 0.3) is 0 Å². The SMILES string of the molecule is CC(NC(=O)CSc1cccs1)C(=O)O. The molecule has 1 heterocycles. The quantitative estimate of drug-likeness (QED) is 0.770. The molecule has 4 nitrogen and oxygen atoms in total. The Balaban J connectivity index is 2.28. The van der Waals surface area contributed by atoms with Gasteiger partial charge < -0.3 is 10.4 Å². The lowest BCUT2D eigenvalue weighted by Gasteiger charge is -2.07. The van der Waals surface area contributed by atoms with E-state index in [4.69, 9.17) is 5.11 Å². The Bertz CT molecular complexity index is 337. The van der Waals surface area contributed by atoms with Gasteiger partial charge in [0.25, 0.3) is 0 Å². The van der Waals surface area contributed by atoms with Gasteiger partial charge in [0.05, 0.1) is 9.96 Å². The first-order valence-electron chi connectivity index (χ1n) is 4.28. The van der Waals surface area contributed by atoms with Crippen molar-refractivity contribution >= 4 is 35.0 Å². The monoisotopic (exact) mass is 245 g/mol. The predicted octanol–water partition coefficient (Wildman–Crippen LogP) is 1.43. The summed E-state index contributed by atoms with van der Waals surface area (Å²) in [4.78, 5) is 21.7. The van der Waals surface area contributed by atoms with Gasteiger partial charge in [-0.25, -0.2) is 0 Å². The lowest BCUT2D eigenvalue weighted by Crippen LogP contribution is -2.39. The van der Waals surface area contributed by atoms with E-state index in [0.717, 1.165) is 4.21 Å². The molecule has 0 bridgehead atoms. The molecule has 0 aliphatic rings. The van der Waals surface area contributed by atoms with Crippen molar-refractivity contribution < 1.29 is 14.7 Å². The van der Waals surface area contributed by atoms with E-state index in [9.17, 15) is 9.59 Å². The number of carbonyl (C=O) groups is 2. The van der Waals surface area contributed by atoms with Crippen LogP contribution in [0.5, 0.6) is 0 Å². The zero-order chi connectivity index (χ0) is 11.3. The van der Waals surface area contributed by atoms with Crippen LogP contribution in [0.1, 0.15) is 6.92 Å². The number of aliphatic carboxylic acids is 1. The summed E-state index contributed by atoms with van der Waals surface area (Å²) >= 11 is 2.96. The summed E-state index contributed by atoms with van der Waals surface area (Å²) in [6.45, 7) is 1.44. The average Bonchev–Trinajstić information content (AvgIpc) is 2.66. The van der Waals surface area contributed by atoms with Crippen LogP contribution < -0.4 is 5.32 Å². The maximum atomic E-state index is 11.3. The average molecular weight is 245 g/mol. The molecule has 1 rings (SSSR count). The molecule has 0 saturated heterocycles. The Morgan fingerprint density at radius 1 is 1.67 bits per heavy atom. The third-order valence-electron chi connectivity index (χ3n) is 1.59. The number of rotatable bonds is 5. The summed E-state index contributed by atoms with van der Waals surface area (Å²) in [5.74, 6) is -1.04. The van der Waals surface area contributed by atoms with E-state index >= 15 is 0 Å². The summed E-state index contributed by atoms with van der Waals surface area (Å²) in [5, 5.41) is 12.9. The van der Waals surface area contributed by atoms with Gasteiger partial charge >= 0.3 is 5.97 Å². The molecule has 82 valence electrons. The van der Waals surface area contributed by atoms with Gasteiger partial charge in [-0.15, -0.1) is 23.1 Å². The van der Waals surface area contributed by atoms with Crippen molar-refractivity contribution in [3.63, 3.8) is 0 Å². The first kappa shape index (κ1) is 12.1. The van der Waals surface area contributed by atoms with Gasteiger partial charge in [-0.3, -0.25) is 9.59 Å². The van der Waals surface area contributed by atoms with Crippen molar-refractivity contribution in [3.05, 3.63) is 17.5 Å². The second kappa shape index (κ2) is 5.77. The molecule has 0 aliphatic heterocycles. The van der Waals surface area contributed by atoms with Crippen molar-refractivity contribution in [2.75, 3.05) is 5.75 Å². The highest BCUT2D eigenvalue weighted by Crippen LogP contribution is 2.22. The number of carboxylic acid groups (broad SMARTS) is 1. The highest BCUT2D eigenvalue weighted by molar-refractivity contribution is 8.01. The summed E-state index contributed by atoms with van der Waals surface area (Å²) < 4.78 is 1.05. The minimum absolute atomic E-state index is 0.248. The van der Waals surface area contributed by atoms with Crippen LogP contribution in [0.3, 0.4) is 0 Å². The number of amides is 1. The molecule has 0 aliphatic carbocycles. The smallest absolute Gasteiger partial charge is 0.325 e. The topological polar surface area (TPSA) is 66.4 Å². The molecule has 15 heavy (non-hydrogen) atoms. The molecule has 1 aromatic rings. The first-order valence-corrected chi connectivity index (χ1v) is 6.14. The second-order valence-electron chi connectivity index (χ2n) is 2.85. The molecule has 0 saturated carbocycles. The Morgan fingerprint density at radius 3 is 2.93 bits per heavy atom. The Hall–Kier alpha value is -1.01. The zero-order valence-corrected chi connectivity index (χ0v) is 9.73. The molecule has 1 amide bonds. The summed E-state index contributed by atoms with van der Waals surface area (Å²) in [6, 6.07) is 3.00. The van der Waals surface area contributed by atoms with E-state index in [1.807, 2.05) is 17.5 Å². The number of carboxylic acids is 1. The summed E-state index contributed by atoms with van der Waals surface area (Å²) in [7, 11) is 0. The van der Waals surface area contributed by atoms with Gasteiger partial charge in [0.15, 0.2) is 0 Å². The molecular weight excluding hydrogens is 234 g/mol. The highest BCUT2D eigenvalue weighted by Gasteiger charge is 2.13. The maximum Gasteiger partial charge on any atom is 0.325 e. The van der Waals surface area contributed by atoms with E-state index in [-0.39, 0.29) is 11.7 Å². The fraction of sp³-hybridized carbons (Fsp3) is 0.333. The number of hydrogen-bond donors (Lipinski definition) is 2. The molecule has 0 radical (unpaired) electrons. The van der Waals surface area contributed by atoms with Crippen LogP contribution in [0, 0.1) is 0 Å². The minimum Gasteiger partial charge on any atom is -0.480 e. The molecule has 2 N–H and O–H groups in total. The highest BCUT2D eigenvalue weighted by atomic mass is 32.2. The Labute approximate surface area is 95.7 Å². The van der Waals surface area contributed by atoms with E-state index in [2.05, 4.69) is 5.32 Å². The number of carbonyl (C=O) groups excluding carboxylic acids is 1. The third-order valence-corrected chi connectivity index (χ3v) is 3.72. The standard InChI is InChI=1S/C9H11NO3S2/c1-6(9(12)13)10-7(11)5-15-8-3-2-4-14-8/h2-4,6H,5H2,1H3,(H,10,11)(H,12,13). The van der Waals surface area contributed by atoms with Crippen molar-refractivity contribution in [3.8, 4) is 0 Å². The van der Waals surface area contributed by atoms with E-state index in [1.165, 1.54) is 18.7 Å². The van der Waals surface area contributed by atoms with Gasteiger partial charge in [0.1, 0.15) is 6.04 Å². The maximum absolute atomic E-state index is 11.3. The number of thioether (sulfide) groups is 1. The first-order chi connectivity index (χ1) is 7.09. The van der Waals surface area contributed by atoms with Crippen LogP contribution >= 0.6 is 23.1 Å². The fourth-order valence-electron chi connectivity index (χ4n) is 0.827. The van der Waals surface area contributed by atoms with Gasteiger partial charge in [0, 0.05) is 0 Å². The molecule has 6 heteroatoms. The summed E-state index contributed by atoms with van der Waals surface area (Å²) in [5.41, 5.74) is 0. The van der Waals surface area contributed by atoms with Crippen LogP contribution in [0.4, 0.5) is 0 Å². The van der Waals surface area contributed by atoms with Gasteiger partial charge in [0.2, 0.25) is 5.91 Å². The molecule has 1 atom stereocenters. The van der Waals surface area contributed by atoms with E-state index in [0.29, 0.717) is 0 Å². The zero-order valence-electron chi connectivity index (χ0n) is 8.10. The molecule has 1 unspecified atom stereocenters. The lowest BCUT2D eigenvalue weighted by molar-refractivity contribution is -0.140. The largest absolute Gasteiger partial charge is 0.480 e. The molecule has 1 aromatic heterocycles. The van der Waals surface area contributed by atoms with Crippen molar-refractivity contribution in [1.29, 1.82) is 0 Å². The summed E-state index contributed by atoms with van der Waals surface area (Å²) in [6.07, 6.45) is 0. The Morgan fingerprint density at radius 2 is 2.40 bits per heavy atom. The van der Waals surface area contributed by atoms with Gasteiger partial charge in [-0.05, 0) is 18.4 Å². The normalized spacial score (nSPS) is 12.1. The fourth-order valence-corrected chi connectivity index (χ4v) is 2.42. The van der Waals surface area contributed by atoms with Crippen LogP contribution in [0.15, 0.2) is 21.7 Å². The van der Waals surface area contributed by atoms with Crippen LogP contribution in [-0.2, 0) is 9.59 Å². The van der Waals surface area contributed by atoms with Gasteiger partial charge in [-0.2, -0.15) is 0 Å². The lowest BCUT2D eigenvalue weighted by atomic mass is 10.3. The van der Waals surface area contributed by atoms with E-state index < -0.39 is 12.0 Å². The van der Waals surface area contributed by atoms with Crippen LogP contribution in [-0.4, -0.2) is 28.8 Å². The van der Waals surface area contributed by atoms with Crippen molar-refractivity contribution in [2.24, 2.45) is 0 Å². The number of hydrogen-bond acceptors (Lipinski definition) is 4. The molecule has 0 fully saturated rings. The van der Waals surface area contributed by atoms with Crippen LogP contribution in [0.2, 0.25) is 0 Å². The second-order valence-corrected chi connectivity index (χ2v) is 5.07. The van der Waals surface area contributed by atoms with Crippen molar-refractivity contribution in [2.45, 2.75) is 17.2 Å². The number of nitrogens with one attached hydrogen (secondary N) is 1. The van der Waals surface area contributed by atoms with Crippen molar-refractivity contribution in [1.82, 2.24) is 5.32 Å². The minimum atomic E-state index is -1.02.